The number of hydrogen-bond donors (Lipinski definition) is 1. The number of rotatable bonds is 1. The van der Waals surface area contributed by atoms with Crippen LogP contribution in [0.4, 0.5) is 5.69 Å². The molecule has 1 N–H and O–H groups in total. The largest absolute Gasteiger partial charge is 0.312 e. The second kappa shape index (κ2) is 4.46. The minimum atomic E-state index is -0.218. The van der Waals surface area contributed by atoms with E-state index in [2.05, 4.69) is 11.4 Å². The first-order valence-electron chi connectivity index (χ1n) is 6.80. The summed E-state index contributed by atoms with van der Waals surface area (Å²) in [5, 5.41) is 3.31. The highest BCUT2D eigenvalue weighted by atomic mass is 16.2. The Hall–Kier alpha value is -1.68. The van der Waals surface area contributed by atoms with E-state index in [1.54, 1.807) is 0 Å². The van der Waals surface area contributed by atoms with Crippen LogP contribution in [0.25, 0.3) is 0 Å². The first-order chi connectivity index (χ1) is 9.11. The van der Waals surface area contributed by atoms with E-state index in [4.69, 9.17) is 0 Å². The summed E-state index contributed by atoms with van der Waals surface area (Å²) in [6.45, 7) is 5.37. The van der Waals surface area contributed by atoms with Gasteiger partial charge in [-0.1, -0.05) is 26.0 Å². The Labute approximate surface area is 112 Å². The van der Waals surface area contributed by atoms with Gasteiger partial charge in [0.15, 0.2) is 0 Å². The Bertz CT molecular complexity index is 533. The number of nitrogens with zero attached hydrogens (tertiary/aromatic N) is 1. The average molecular weight is 258 g/mol. The predicted octanol–water partition coefficient (Wildman–Crippen LogP) is 1.48. The van der Waals surface area contributed by atoms with Crippen LogP contribution in [0.3, 0.4) is 0 Å². The molecule has 19 heavy (non-hydrogen) atoms. The van der Waals surface area contributed by atoms with Gasteiger partial charge in [0, 0.05) is 18.4 Å². The van der Waals surface area contributed by atoms with Crippen LogP contribution in [0.2, 0.25) is 0 Å². The molecule has 2 heterocycles. The number of hydrogen-bond acceptors (Lipinski definition) is 3. The first-order valence-corrected chi connectivity index (χ1v) is 6.80. The van der Waals surface area contributed by atoms with Gasteiger partial charge >= 0.3 is 0 Å². The van der Waals surface area contributed by atoms with Gasteiger partial charge in [0.05, 0.1) is 5.69 Å². The first kappa shape index (κ1) is 12.4. The third-order valence-electron chi connectivity index (χ3n) is 4.33. The summed E-state index contributed by atoms with van der Waals surface area (Å²) >= 11 is 0. The Morgan fingerprint density at radius 2 is 1.84 bits per heavy atom. The molecule has 100 valence electrons. The van der Waals surface area contributed by atoms with Crippen molar-refractivity contribution in [3.63, 3.8) is 0 Å². The molecule has 2 unspecified atom stereocenters. The SMILES string of the molecule is CC1C(=O)N(c2cccc3c2CCNC3)C(=O)C1C. The van der Waals surface area contributed by atoms with E-state index < -0.39 is 0 Å². The van der Waals surface area contributed by atoms with Gasteiger partial charge in [-0.25, -0.2) is 4.90 Å². The quantitative estimate of drug-likeness (QED) is 0.776. The standard InChI is InChI=1S/C15H18N2O2/c1-9-10(2)15(19)17(14(9)18)13-5-3-4-11-8-16-7-6-12(11)13/h3-5,9-10,16H,6-8H2,1-2H3. The lowest BCUT2D eigenvalue weighted by atomic mass is 9.98. The monoisotopic (exact) mass is 258 g/mol. The molecule has 0 aromatic heterocycles. The van der Waals surface area contributed by atoms with E-state index in [0.717, 1.165) is 30.8 Å². The van der Waals surface area contributed by atoms with Crippen molar-refractivity contribution in [2.75, 3.05) is 11.4 Å². The Kier molecular flexibility index (Phi) is 2.90. The van der Waals surface area contributed by atoms with Crippen LogP contribution in [0.5, 0.6) is 0 Å². The molecule has 3 rings (SSSR count). The van der Waals surface area contributed by atoms with E-state index in [-0.39, 0.29) is 23.7 Å². The summed E-state index contributed by atoms with van der Waals surface area (Å²) < 4.78 is 0. The van der Waals surface area contributed by atoms with Crippen LogP contribution in [-0.4, -0.2) is 18.4 Å². The summed E-state index contributed by atoms with van der Waals surface area (Å²) in [4.78, 5) is 26.0. The van der Waals surface area contributed by atoms with Gasteiger partial charge in [0.25, 0.3) is 0 Å². The summed E-state index contributed by atoms with van der Waals surface area (Å²) in [6.07, 6.45) is 0.866. The van der Waals surface area contributed by atoms with Crippen LogP contribution < -0.4 is 10.2 Å². The zero-order chi connectivity index (χ0) is 13.6. The zero-order valence-electron chi connectivity index (χ0n) is 11.3. The van der Waals surface area contributed by atoms with Crippen molar-refractivity contribution in [3.05, 3.63) is 29.3 Å². The van der Waals surface area contributed by atoms with Crippen LogP contribution in [-0.2, 0) is 22.6 Å². The Balaban J connectivity index is 2.08. The van der Waals surface area contributed by atoms with Gasteiger partial charge in [-0.15, -0.1) is 0 Å². The molecule has 4 heteroatoms. The number of anilines is 1. The maximum absolute atomic E-state index is 12.3. The van der Waals surface area contributed by atoms with E-state index in [1.165, 1.54) is 10.5 Å². The lowest BCUT2D eigenvalue weighted by molar-refractivity contribution is -0.122. The highest BCUT2D eigenvalue weighted by molar-refractivity contribution is 6.22. The molecule has 1 aromatic carbocycles. The summed E-state index contributed by atoms with van der Waals surface area (Å²) in [5.41, 5.74) is 3.13. The molecule has 1 aromatic rings. The maximum atomic E-state index is 12.3. The van der Waals surface area contributed by atoms with Gasteiger partial charge < -0.3 is 5.32 Å². The van der Waals surface area contributed by atoms with Gasteiger partial charge in [-0.05, 0) is 30.2 Å². The fourth-order valence-corrected chi connectivity index (χ4v) is 2.90. The van der Waals surface area contributed by atoms with E-state index in [0.29, 0.717) is 0 Å². The fourth-order valence-electron chi connectivity index (χ4n) is 2.90. The highest BCUT2D eigenvalue weighted by Crippen LogP contribution is 2.34. The Morgan fingerprint density at radius 3 is 2.53 bits per heavy atom. The molecule has 4 nitrogen and oxygen atoms in total. The topological polar surface area (TPSA) is 49.4 Å². The molecule has 0 bridgehead atoms. The maximum Gasteiger partial charge on any atom is 0.237 e. The molecule has 0 aliphatic carbocycles. The molecule has 2 amide bonds. The van der Waals surface area contributed by atoms with Gasteiger partial charge in [0.2, 0.25) is 11.8 Å². The minimum Gasteiger partial charge on any atom is -0.312 e. The van der Waals surface area contributed by atoms with Crippen molar-refractivity contribution in [1.82, 2.24) is 5.32 Å². The number of amides is 2. The van der Waals surface area contributed by atoms with Crippen molar-refractivity contribution >= 4 is 17.5 Å². The predicted molar refractivity (Wildman–Crippen MR) is 72.7 cm³/mol. The van der Waals surface area contributed by atoms with Crippen molar-refractivity contribution in [2.45, 2.75) is 26.8 Å². The third kappa shape index (κ3) is 1.78. The number of carbonyl (C=O) groups is 2. The smallest absolute Gasteiger partial charge is 0.237 e. The number of imide groups is 1. The molecule has 0 saturated carbocycles. The van der Waals surface area contributed by atoms with Gasteiger partial charge in [-0.3, -0.25) is 9.59 Å². The second-order valence-electron chi connectivity index (χ2n) is 5.43. The van der Waals surface area contributed by atoms with E-state index in [1.807, 2.05) is 26.0 Å². The van der Waals surface area contributed by atoms with E-state index in [9.17, 15) is 9.59 Å². The number of benzene rings is 1. The van der Waals surface area contributed by atoms with Gasteiger partial charge in [0.1, 0.15) is 0 Å². The van der Waals surface area contributed by atoms with Crippen LogP contribution >= 0.6 is 0 Å². The summed E-state index contributed by atoms with van der Waals surface area (Å²) in [7, 11) is 0. The lowest BCUT2D eigenvalue weighted by Crippen LogP contribution is -2.33. The van der Waals surface area contributed by atoms with Crippen molar-refractivity contribution in [1.29, 1.82) is 0 Å². The molecule has 0 radical (unpaired) electrons. The van der Waals surface area contributed by atoms with Crippen LogP contribution in [0.1, 0.15) is 25.0 Å². The minimum absolute atomic E-state index is 0.0653. The van der Waals surface area contributed by atoms with E-state index >= 15 is 0 Å². The van der Waals surface area contributed by atoms with Crippen molar-refractivity contribution in [3.8, 4) is 0 Å². The number of nitrogens with one attached hydrogen (secondary N) is 1. The highest BCUT2D eigenvalue weighted by Gasteiger charge is 2.43. The normalized spacial score (nSPS) is 26.7. The zero-order valence-corrected chi connectivity index (χ0v) is 11.3. The molecule has 1 fully saturated rings. The Morgan fingerprint density at radius 1 is 1.16 bits per heavy atom. The lowest BCUT2D eigenvalue weighted by Gasteiger charge is -2.24. The second-order valence-corrected chi connectivity index (χ2v) is 5.43. The third-order valence-corrected chi connectivity index (χ3v) is 4.33. The molecule has 2 atom stereocenters. The molecular weight excluding hydrogens is 240 g/mol. The molecule has 2 aliphatic heterocycles. The van der Waals surface area contributed by atoms with Crippen molar-refractivity contribution in [2.24, 2.45) is 11.8 Å². The van der Waals surface area contributed by atoms with Crippen molar-refractivity contribution < 1.29 is 9.59 Å². The number of fused-ring (bicyclic) bond motifs is 1. The van der Waals surface area contributed by atoms with Crippen LogP contribution in [0, 0.1) is 11.8 Å². The van der Waals surface area contributed by atoms with Crippen LogP contribution in [0.15, 0.2) is 18.2 Å². The van der Waals surface area contributed by atoms with Gasteiger partial charge in [-0.2, -0.15) is 0 Å². The summed E-state index contributed by atoms with van der Waals surface area (Å²) in [6, 6.07) is 5.88. The fraction of sp³-hybridized carbons (Fsp3) is 0.467. The molecular formula is C15H18N2O2. The molecule has 0 spiro atoms. The number of carbonyl (C=O) groups excluding carboxylic acids is 2. The summed E-state index contributed by atoms with van der Waals surface area (Å²) in [5.74, 6) is -0.566. The average Bonchev–Trinajstić information content (AvgIpc) is 2.63. The molecule has 2 aliphatic rings. The molecule has 1 saturated heterocycles.